The first-order chi connectivity index (χ1) is 22.2. The zero-order chi connectivity index (χ0) is 32.9. The fourth-order valence-corrected chi connectivity index (χ4v) is 6.21. The normalized spacial score (nSPS) is 18.7. The number of nitrogens with one attached hydrogen (secondary N) is 1. The molecule has 4 rings (SSSR count). The van der Waals surface area contributed by atoms with Crippen LogP contribution in [0.2, 0.25) is 0 Å². The van der Waals surface area contributed by atoms with E-state index in [0.29, 0.717) is 32.7 Å². The first-order valence-electron chi connectivity index (χ1n) is 16.0. The Morgan fingerprint density at radius 3 is 2.48 bits per heavy atom. The van der Waals surface area contributed by atoms with Gasteiger partial charge in [0.2, 0.25) is 0 Å². The Hall–Kier alpha value is -3.72. The van der Waals surface area contributed by atoms with E-state index in [1.54, 1.807) is 18.2 Å². The third-order valence-electron chi connectivity index (χ3n) is 8.30. The summed E-state index contributed by atoms with van der Waals surface area (Å²) < 4.78 is 55.1. The van der Waals surface area contributed by atoms with Gasteiger partial charge in [-0.25, -0.2) is 0 Å². The number of likely N-dealkylation sites (tertiary alicyclic amines) is 1. The minimum atomic E-state index is -4.45. The Labute approximate surface area is 270 Å². The number of benzene rings is 2. The van der Waals surface area contributed by atoms with Crippen molar-refractivity contribution in [2.75, 3.05) is 64.5 Å². The molecule has 46 heavy (non-hydrogen) atoms. The van der Waals surface area contributed by atoms with E-state index in [4.69, 9.17) is 14.2 Å². The molecule has 2 aliphatic rings. The predicted molar refractivity (Wildman–Crippen MR) is 172 cm³/mol. The smallest absolute Gasteiger partial charge is 0.422 e. The number of rotatable bonds is 18. The maximum atomic E-state index is 12.8. The van der Waals surface area contributed by atoms with Gasteiger partial charge < -0.3 is 24.6 Å². The van der Waals surface area contributed by atoms with Crippen LogP contribution in [0.25, 0.3) is 0 Å². The van der Waals surface area contributed by atoms with Crippen LogP contribution in [0.4, 0.5) is 18.9 Å². The number of nitrogens with zero attached hydrogens (tertiary/aromatic N) is 3. The molecular weight excluding hydrogens is 597 g/mol. The summed E-state index contributed by atoms with van der Waals surface area (Å²) in [5, 5.41) is 22.8. The van der Waals surface area contributed by atoms with Crippen LogP contribution in [0.5, 0.6) is 17.2 Å². The van der Waals surface area contributed by atoms with Crippen molar-refractivity contribution in [3.63, 3.8) is 0 Å². The summed E-state index contributed by atoms with van der Waals surface area (Å²) in [6, 6.07) is 16.7. The molecule has 11 heteroatoms. The van der Waals surface area contributed by atoms with Gasteiger partial charge in [0.1, 0.15) is 12.4 Å². The Kier molecular flexibility index (Phi) is 13.2. The molecule has 2 aromatic carbocycles. The van der Waals surface area contributed by atoms with E-state index in [1.165, 1.54) is 6.07 Å². The maximum Gasteiger partial charge on any atom is 0.422 e. The van der Waals surface area contributed by atoms with E-state index in [2.05, 4.69) is 34.2 Å². The molecule has 2 N–H and O–H groups in total. The summed E-state index contributed by atoms with van der Waals surface area (Å²) in [4.78, 5) is 4.59. The zero-order valence-electron chi connectivity index (χ0n) is 26.6. The number of aliphatic hydroxyl groups excluding tert-OH is 1. The fourth-order valence-electron chi connectivity index (χ4n) is 6.21. The van der Waals surface area contributed by atoms with Crippen molar-refractivity contribution in [2.45, 2.75) is 51.4 Å². The third-order valence-corrected chi connectivity index (χ3v) is 8.30. The van der Waals surface area contributed by atoms with Gasteiger partial charge >= 0.3 is 6.18 Å². The first-order valence-corrected chi connectivity index (χ1v) is 16.0. The highest BCUT2D eigenvalue weighted by Gasteiger charge is 2.37. The fraction of sp³-hybridized carbons (Fsp3) is 0.514. The van der Waals surface area contributed by atoms with Crippen molar-refractivity contribution >= 4 is 5.69 Å². The van der Waals surface area contributed by atoms with Crippen LogP contribution in [0, 0.1) is 17.2 Å². The van der Waals surface area contributed by atoms with Gasteiger partial charge in [0.15, 0.2) is 18.1 Å². The topological polar surface area (TPSA) is 90.2 Å². The van der Waals surface area contributed by atoms with Crippen molar-refractivity contribution in [2.24, 2.45) is 5.92 Å². The molecule has 1 aliphatic heterocycles. The largest absolute Gasteiger partial charge is 0.492 e. The lowest BCUT2D eigenvalue weighted by Crippen LogP contribution is -2.40. The molecule has 2 unspecified atom stereocenters. The third kappa shape index (κ3) is 10.1. The van der Waals surface area contributed by atoms with Crippen molar-refractivity contribution < 1.29 is 32.5 Å². The Bertz CT molecular complexity index is 1360. The lowest BCUT2D eigenvalue weighted by atomic mass is 9.84. The number of hydrogen-bond donors (Lipinski definition) is 2. The molecule has 1 fully saturated rings. The SMILES string of the molecule is CCOc1ccccc1NCCN(CCOc1ccccc1OCC(F)(F)F)[C@H](C)CC1=CC2CCN(CCCO)C2C(C#N)=C1. The van der Waals surface area contributed by atoms with Gasteiger partial charge in [0, 0.05) is 44.4 Å². The summed E-state index contributed by atoms with van der Waals surface area (Å²) >= 11 is 0. The van der Waals surface area contributed by atoms with Gasteiger partial charge in [0.05, 0.1) is 24.4 Å². The minimum Gasteiger partial charge on any atom is -0.492 e. The number of para-hydroxylation sites is 4. The van der Waals surface area contributed by atoms with Crippen molar-refractivity contribution in [3.8, 4) is 23.3 Å². The van der Waals surface area contributed by atoms with E-state index in [0.717, 1.165) is 48.5 Å². The molecule has 0 spiro atoms. The molecule has 0 aromatic heterocycles. The second-order valence-electron chi connectivity index (χ2n) is 11.6. The van der Waals surface area contributed by atoms with Crippen molar-refractivity contribution in [1.29, 1.82) is 5.26 Å². The van der Waals surface area contributed by atoms with Gasteiger partial charge in [-0.2, -0.15) is 18.4 Å². The number of halogens is 3. The summed E-state index contributed by atoms with van der Waals surface area (Å²) in [7, 11) is 0. The molecule has 0 radical (unpaired) electrons. The highest BCUT2D eigenvalue weighted by atomic mass is 19.4. The highest BCUT2D eigenvalue weighted by Crippen LogP contribution is 2.37. The first kappa shape index (κ1) is 35.1. The molecule has 0 amide bonds. The summed E-state index contributed by atoms with van der Waals surface area (Å²) in [5.41, 5.74) is 2.80. The maximum absolute atomic E-state index is 12.8. The van der Waals surface area contributed by atoms with E-state index < -0.39 is 12.8 Å². The molecule has 1 aliphatic carbocycles. The Morgan fingerprint density at radius 1 is 1.07 bits per heavy atom. The van der Waals surface area contributed by atoms with Gasteiger partial charge in [-0.3, -0.25) is 9.80 Å². The van der Waals surface area contributed by atoms with Gasteiger partial charge in [-0.1, -0.05) is 30.3 Å². The lowest BCUT2D eigenvalue weighted by molar-refractivity contribution is -0.153. The molecule has 1 heterocycles. The summed E-state index contributed by atoms with van der Waals surface area (Å²) in [6.07, 6.45) is 2.27. The number of fused-ring (bicyclic) bond motifs is 1. The van der Waals surface area contributed by atoms with Crippen LogP contribution >= 0.6 is 0 Å². The zero-order valence-corrected chi connectivity index (χ0v) is 26.6. The molecule has 0 bridgehead atoms. The van der Waals surface area contributed by atoms with Gasteiger partial charge in [-0.05, 0) is 81.5 Å². The van der Waals surface area contributed by atoms with E-state index >= 15 is 0 Å². The quantitative estimate of drug-likeness (QED) is 0.203. The second kappa shape index (κ2) is 17.3. The number of aliphatic hydroxyl groups is 1. The molecule has 0 saturated carbocycles. The number of alkyl halides is 3. The number of anilines is 1. The van der Waals surface area contributed by atoms with Crippen LogP contribution in [-0.4, -0.2) is 92.3 Å². The molecule has 1 saturated heterocycles. The minimum absolute atomic E-state index is 0.0503. The summed E-state index contributed by atoms with van der Waals surface area (Å²) in [5.74, 6) is 1.36. The van der Waals surface area contributed by atoms with Crippen LogP contribution in [0.3, 0.4) is 0 Å². The number of nitriles is 1. The van der Waals surface area contributed by atoms with Gasteiger partial charge in [-0.15, -0.1) is 0 Å². The van der Waals surface area contributed by atoms with Crippen LogP contribution in [-0.2, 0) is 0 Å². The molecular formula is C35H45F3N4O4. The predicted octanol–water partition coefficient (Wildman–Crippen LogP) is 6.06. The molecule has 8 nitrogen and oxygen atoms in total. The monoisotopic (exact) mass is 642 g/mol. The highest BCUT2D eigenvalue weighted by molar-refractivity contribution is 5.56. The lowest BCUT2D eigenvalue weighted by Gasteiger charge is -2.33. The van der Waals surface area contributed by atoms with Crippen LogP contribution < -0.4 is 19.5 Å². The average Bonchev–Trinajstić information content (AvgIpc) is 3.45. The second-order valence-corrected chi connectivity index (χ2v) is 11.6. The summed E-state index contributed by atoms with van der Waals surface area (Å²) in [6.45, 7) is 7.12. The van der Waals surface area contributed by atoms with Crippen molar-refractivity contribution in [3.05, 3.63) is 71.8 Å². The molecule has 3 atom stereocenters. The Balaban J connectivity index is 1.43. The van der Waals surface area contributed by atoms with Crippen LogP contribution in [0.1, 0.15) is 33.1 Å². The standard InChI is InChI=1S/C35H45F3N4O4/c1-3-44-31-10-5-4-9-30(31)40-14-17-41(18-20-45-32-11-6-7-12-33(32)46-25-35(36,37)38)26(2)21-27-22-28-13-16-42(15-8-19-43)34(28)29(23-27)24-39/h4-7,9-12,22-23,26,28,34,40,43H,3,8,13-21,25H2,1-2H3/t26-,28?,34?/m1/s1. The number of allylic oxidation sites excluding steroid dienone is 1. The Morgan fingerprint density at radius 2 is 1.78 bits per heavy atom. The van der Waals surface area contributed by atoms with E-state index in [1.807, 2.05) is 37.3 Å². The molecule has 2 aromatic rings. The molecule has 250 valence electrons. The average molecular weight is 643 g/mol. The number of ether oxygens (including phenoxy) is 3. The van der Waals surface area contributed by atoms with Gasteiger partial charge in [0.25, 0.3) is 0 Å². The van der Waals surface area contributed by atoms with E-state index in [9.17, 15) is 23.5 Å². The van der Waals surface area contributed by atoms with Crippen LogP contribution in [0.15, 0.2) is 71.8 Å². The number of hydrogen-bond acceptors (Lipinski definition) is 8. The van der Waals surface area contributed by atoms with Crippen molar-refractivity contribution in [1.82, 2.24) is 9.80 Å². The van der Waals surface area contributed by atoms with E-state index in [-0.39, 0.29) is 42.7 Å².